The van der Waals surface area contributed by atoms with Gasteiger partial charge in [-0.2, -0.15) is 0 Å². The molecule has 18 heavy (non-hydrogen) atoms. The fourth-order valence-corrected chi connectivity index (χ4v) is 1.36. The summed E-state index contributed by atoms with van der Waals surface area (Å²) >= 11 is 0. The number of methoxy groups -OCH3 is 1. The molecule has 5 nitrogen and oxygen atoms in total. The Bertz CT molecular complexity index is 438. The van der Waals surface area contributed by atoms with Crippen molar-refractivity contribution in [3.05, 3.63) is 35.9 Å². The molecule has 0 fully saturated rings. The lowest BCUT2D eigenvalue weighted by atomic mass is 10.1. The smallest absolute Gasteiger partial charge is 0.351 e. The highest BCUT2D eigenvalue weighted by atomic mass is 16.6. The number of ether oxygens (including phenoxy) is 2. The summed E-state index contributed by atoms with van der Waals surface area (Å²) in [5, 5.41) is 0. The number of benzene rings is 1. The molecule has 0 bridgehead atoms. The summed E-state index contributed by atoms with van der Waals surface area (Å²) in [6.45, 7) is 1.27. The van der Waals surface area contributed by atoms with Gasteiger partial charge in [0.1, 0.15) is 12.2 Å². The molecule has 5 heteroatoms. The number of Topliss-reactive ketones (excluding diaryl/α,β-unsaturated/α-hetero) is 1. The van der Waals surface area contributed by atoms with E-state index >= 15 is 0 Å². The third kappa shape index (κ3) is 4.01. The lowest BCUT2D eigenvalue weighted by Crippen LogP contribution is -2.22. The van der Waals surface area contributed by atoms with Crippen LogP contribution in [0.3, 0.4) is 0 Å². The van der Waals surface area contributed by atoms with Crippen LogP contribution in [0.1, 0.15) is 25.0 Å². The van der Waals surface area contributed by atoms with Crippen molar-refractivity contribution in [1.29, 1.82) is 0 Å². The molecule has 0 saturated carbocycles. The van der Waals surface area contributed by atoms with Crippen LogP contribution in [-0.2, 0) is 23.9 Å². The maximum Gasteiger partial charge on any atom is 0.351 e. The molecule has 0 aliphatic rings. The Morgan fingerprint density at radius 1 is 1.17 bits per heavy atom. The largest absolute Gasteiger partial charge is 0.466 e. The molecule has 1 aromatic rings. The van der Waals surface area contributed by atoms with Gasteiger partial charge < -0.3 is 9.47 Å². The first-order valence-corrected chi connectivity index (χ1v) is 5.36. The Kier molecular flexibility index (Phi) is 5.05. The van der Waals surface area contributed by atoms with Crippen LogP contribution in [0, 0.1) is 0 Å². The molecule has 1 aromatic carbocycles. The minimum atomic E-state index is -1.14. The molecule has 0 N–H and O–H groups in total. The Morgan fingerprint density at radius 3 is 2.28 bits per heavy atom. The molecule has 0 aromatic heterocycles. The number of ketones is 1. The Balaban J connectivity index is 2.84. The maximum absolute atomic E-state index is 11.5. The first kappa shape index (κ1) is 13.9. The summed E-state index contributed by atoms with van der Waals surface area (Å²) in [4.78, 5) is 33.8. The van der Waals surface area contributed by atoms with E-state index in [-0.39, 0.29) is 12.2 Å². The number of carbonyl (C=O) groups is 3. The molecule has 96 valence electrons. The van der Waals surface area contributed by atoms with Crippen LogP contribution < -0.4 is 0 Å². The molecular weight excluding hydrogens is 236 g/mol. The van der Waals surface area contributed by atoms with Crippen LogP contribution in [0.4, 0.5) is 0 Å². The van der Waals surface area contributed by atoms with Gasteiger partial charge in [-0.15, -0.1) is 0 Å². The first-order chi connectivity index (χ1) is 8.54. The minimum absolute atomic E-state index is 0.323. The van der Waals surface area contributed by atoms with Gasteiger partial charge >= 0.3 is 11.9 Å². The van der Waals surface area contributed by atoms with Crippen molar-refractivity contribution in [3.8, 4) is 0 Å². The minimum Gasteiger partial charge on any atom is -0.466 e. The van der Waals surface area contributed by atoms with Gasteiger partial charge in [-0.25, -0.2) is 4.79 Å². The molecule has 0 aliphatic heterocycles. The van der Waals surface area contributed by atoms with Gasteiger partial charge in [0.15, 0.2) is 0 Å². The van der Waals surface area contributed by atoms with Crippen molar-refractivity contribution < 1.29 is 23.9 Å². The summed E-state index contributed by atoms with van der Waals surface area (Å²) in [6, 6.07) is 8.48. The standard InChI is InChI=1S/C13H14O5/c1-9(14)8-11(15)18-12(13(16)17-2)10-6-4-3-5-7-10/h3-7,12H,8H2,1-2H3. The summed E-state index contributed by atoms with van der Waals surface area (Å²) in [7, 11) is 1.21. The number of esters is 2. The molecule has 1 atom stereocenters. The van der Waals surface area contributed by atoms with E-state index in [0.717, 1.165) is 0 Å². The van der Waals surface area contributed by atoms with Gasteiger partial charge in [-0.3, -0.25) is 9.59 Å². The molecule has 0 radical (unpaired) electrons. The number of rotatable bonds is 5. The Morgan fingerprint density at radius 2 is 1.78 bits per heavy atom. The van der Waals surface area contributed by atoms with Gasteiger partial charge in [0.2, 0.25) is 6.10 Å². The van der Waals surface area contributed by atoms with Crippen molar-refractivity contribution in [2.24, 2.45) is 0 Å². The zero-order valence-electron chi connectivity index (χ0n) is 10.2. The van der Waals surface area contributed by atoms with E-state index in [2.05, 4.69) is 4.74 Å². The van der Waals surface area contributed by atoms with Crippen LogP contribution in [0.5, 0.6) is 0 Å². The lowest BCUT2D eigenvalue weighted by molar-refractivity contribution is -0.167. The molecule has 1 rings (SSSR count). The number of carbonyl (C=O) groups excluding carboxylic acids is 3. The van der Waals surface area contributed by atoms with Gasteiger partial charge in [-0.05, 0) is 6.92 Å². The highest BCUT2D eigenvalue weighted by molar-refractivity contribution is 5.95. The Labute approximate surface area is 105 Å². The van der Waals surface area contributed by atoms with Crippen molar-refractivity contribution in [2.45, 2.75) is 19.4 Å². The summed E-state index contributed by atoms with van der Waals surface area (Å²) < 4.78 is 9.54. The monoisotopic (exact) mass is 250 g/mol. The van der Waals surface area contributed by atoms with E-state index in [1.54, 1.807) is 30.3 Å². The molecule has 0 aliphatic carbocycles. The van der Waals surface area contributed by atoms with Crippen LogP contribution in [0.2, 0.25) is 0 Å². The van der Waals surface area contributed by atoms with Gasteiger partial charge in [0, 0.05) is 5.56 Å². The normalized spacial score (nSPS) is 11.4. The van der Waals surface area contributed by atoms with E-state index in [1.165, 1.54) is 14.0 Å². The molecule has 1 unspecified atom stereocenters. The zero-order chi connectivity index (χ0) is 13.5. The molecule has 0 heterocycles. The van der Waals surface area contributed by atoms with Gasteiger partial charge in [0.05, 0.1) is 7.11 Å². The number of hydrogen-bond acceptors (Lipinski definition) is 5. The van der Waals surface area contributed by atoms with E-state index in [0.29, 0.717) is 5.56 Å². The maximum atomic E-state index is 11.5. The molecule has 0 spiro atoms. The third-order valence-corrected chi connectivity index (χ3v) is 2.16. The van der Waals surface area contributed by atoms with Crippen molar-refractivity contribution in [1.82, 2.24) is 0 Å². The quantitative estimate of drug-likeness (QED) is 0.584. The third-order valence-electron chi connectivity index (χ3n) is 2.16. The van der Waals surface area contributed by atoms with Crippen LogP contribution >= 0.6 is 0 Å². The predicted octanol–water partition coefficient (Wildman–Crippen LogP) is 1.42. The van der Waals surface area contributed by atoms with Crippen molar-refractivity contribution in [3.63, 3.8) is 0 Å². The van der Waals surface area contributed by atoms with Crippen molar-refractivity contribution in [2.75, 3.05) is 7.11 Å². The number of hydrogen-bond donors (Lipinski definition) is 0. The molecule has 0 amide bonds. The fourth-order valence-electron chi connectivity index (χ4n) is 1.36. The zero-order valence-corrected chi connectivity index (χ0v) is 10.2. The SMILES string of the molecule is COC(=O)C(OC(=O)CC(C)=O)c1ccccc1. The van der Waals surface area contributed by atoms with E-state index in [4.69, 9.17) is 4.74 Å². The second kappa shape index (κ2) is 6.54. The Hall–Kier alpha value is -2.17. The van der Waals surface area contributed by atoms with Gasteiger partial charge in [0.25, 0.3) is 0 Å². The van der Waals surface area contributed by atoms with Crippen LogP contribution in [0.25, 0.3) is 0 Å². The van der Waals surface area contributed by atoms with Crippen LogP contribution in [0.15, 0.2) is 30.3 Å². The highest BCUT2D eigenvalue weighted by Crippen LogP contribution is 2.19. The first-order valence-electron chi connectivity index (χ1n) is 5.36. The van der Waals surface area contributed by atoms with Crippen molar-refractivity contribution >= 4 is 17.7 Å². The average Bonchev–Trinajstić information content (AvgIpc) is 2.35. The highest BCUT2D eigenvalue weighted by Gasteiger charge is 2.25. The summed E-state index contributed by atoms with van der Waals surface area (Å²) in [5.74, 6) is -1.75. The molecule has 0 saturated heterocycles. The van der Waals surface area contributed by atoms with E-state index in [1.807, 2.05) is 0 Å². The lowest BCUT2D eigenvalue weighted by Gasteiger charge is -2.15. The molecular formula is C13H14O5. The van der Waals surface area contributed by atoms with Gasteiger partial charge in [-0.1, -0.05) is 30.3 Å². The topological polar surface area (TPSA) is 69.7 Å². The predicted molar refractivity (Wildman–Crippen MR) is 62.6 cm³/mol. The fraction of sp³-hybridized carbons (Fsp3) is 0.308. The van der Waals surface area contributed by atoms with E-state index in [9.17, 15) is 14.4 Å². The second-order valence-corrected chi connectivity index (χ2v) is 3.68. The summed E-state index contributed by atoms with van der Waals surface area (Å²) in [6.07, 6.45) is -1.50. The van der Waals surface area contributed by atoms with Crippen LogP contribution in [-0.4, -0.2) is 24.8 Å². The average molecular weight is 250 g/mol. The van der Waals surface area contributed by atoms with E-state index < -0.39 is 18.0 Å². The second-order valence-electron chi connectivity index (χ2n) is 3.68. The summed E-state index contributed by atoms with van der Waals surface area (Å²) in [5.41, 5.74) is 0.501.